The SMILES string of the molecule is CCCCCCCCCCCCCCCCCCC(=O)OC[C@@H](COC(=O)CCCCCCCCCCCCC(C)CC)OC(=O)CCCCCCCCCCCCCCC. The average Bonchev–Trinajstić information content (AvgIpc) is 3.26. The van der Waals surface area contributed by atoms with Gasteiger partial charge in [0.2, 0.25) is 0 Å². The van der Waals surface area contributed by atoms with E-state index in [1.807, 2.05) is 0 Å². The lowest BCUT2D eigenvalue weighted by Gasteiger charge is -2.18. The van der Waals surface area contributed by atoms with Gasteiger partial charge < -0.3 is 14.2 Å². The zero-order valence-corrected chi connectivity index (χ0v) is 41.6. The Bertz CT molecular complexity index is 920. The summed E-state index contributed by atoms with van der Waals surface area (Å²) in [7, 11) is 0. The summed E-state index contributed by atoms with van der Waals surface area (Å²) in [5, 5.41) is 0. The van der Waals surface area contributed by atoms with Crippen molar-refractivity contribution in [3.8, 4) is 0 Å². The van der Waals surface area contributed by atoms with Crippen LogP contribution in [-0.2, 0) is 28.6 Å². The first-order valence-corrected chi connectivity index (χ1v) is 27.4. The number of unbranched alkanes of at least 4 members (excludes halogenated alkanes) is 36. The topological polar surface area (TPSA) is 78.9 Å². The van der Waals surface area contributed by atoms with Gasteiger partial charge in [0.25, 0.3) is 0 Å². The number of carbonyl (C=O) groups excluding carboxylic acids is 3. The summed E-state index contributed by atoms with van der Waals surface area (Å²) < 4.78 is 16.8. The fourth-order valence-corrected chi connectivity index (χ4v) is 8.36. The Morgan fingerprint density at radius 1 is 0.328 bits per heavy atom. The second-order valence-electron chi connectivity index (χ2n) is 19.1. The van der Waals surface area contributed by atoms with Gasteiger partial charge in [-0.25, -0.2) is 0 Å². The van der Waals surface area contributed by atoms with E-state index in [-0.39, 0.29) is 31.1 Å². The molecule has 362 valence electrons. The van der Waals surface area contributed by atoms with Gasteiger partial charge in [0.15, 0.2) is 6.10 Å². The minimum absolute atomic E-state index is 0.0623. The van der Waals surface area contributed by atoms with Crippen molar-refractivity contribution in [1.29, 1.82) is 0 Å². The van der Waals surface area contributed by atoms with Gasteiger partial charge >= 0.3 is 17.9 Å². The summed E-state index contributed by atoms with van der Waals surface area (Å²) in [6, 6.07) is 0. The van der Waals surface area contributed by atoms with Gasteiger partial charge in [-0.2, -0.15) is 0 Å². The van der Waals surface area contributed by atoms with Crippen LogP contribution in [0.25, 0.3) is 0 Å². The molecule has 0 aromatic carbocycles. The lowest BCUT2D eigenvalue weighted by Crippen LogP contribution is -2.30. The van der Waals surface area contributed by atoms with Crippen molar-refractivity contribution in [3.63, 3.8) is 0 Å². The standard InChI is InChI=1S/C55H106O6/c1-5-8-10-12-14-16-18-20-21-22-24-25-30-34-38-42-46-53(56)59-49-52(61-55(58)48-44-40-36-32-26-23-19-17-15-13-11-9-6-2)50-60-54(57)47-43-39-35-31-28-27-29-33-37-41-45-51(4)7-3/h51-52H,5-50H2,1-4H3/t51?,52-/m0/s1. The van der Waals surface area contributed by atoms with Gasteiger partial charge in [-0.1, -0.05) is 272 Å². The van der Waals surface area contributed by atoms with Gasteiger partial charge in [0, 0.05) is 19.3 Å². The maximum Gasteiger partial charge on any atom is 0.306 e. The first-order valence-electron chi connectivity index (χ1n) is 27.4. The molecule has 6 heteroatoms. The lowest BCUT2D eigenvalue weighted by atomic mass is 9.99. The molecule has 0 fully saturated rings. The maximum atomic E-state index is 12.8. The largest absolute Gasteiger partial charge is 0.462 e. The Morgan fingerprint density at radius 3 is 0.852 bits per heavy atom. The van der Waals surface area contributed by atoms with Crippen LogP contribution in [0.1, 0.15) is 310 Å². The van der Waals surface area contributed by atoms with Crippen LogP contribution in [0, 0.1) is 5.92 Å². The average molecular weight is 863 g/mol. The summed E-state index contributed by atoms with van der Waals surface area (Å²) in [4.78, 5) is 38.0. The molecule has 0 aliphatic heterocycles. The van der Waals surface area contributed by atoms with E-state index in [0.29, 0.717) is 19.3 Å². The van der Waals surface area contributed by atoms with Crippen LogP contribution in [0.5, 0.6) is 0 Å². The smallest absolute Gasteiger partial charge is 0.306 e. The molecule has 6 nitrogen and oxygen atoms in total. The number of hydrogen-bond donors (Lipinski definition) is 0. The van der Waals surface area contributed by atoms with E-state index >= 15 is 0 Å². The molecule has 0 amide bonds. The minimum atomic E-state index is -0.761. The van der Waals surface area contributed by atoms with Crippen LogP contribution in [0.3, 0.4) is 0 Å². The van der Waals surface area contributed by atoms with Crippen molar-refractivity contribution in [2.75, 3.05) is 13.2 Å². The van der Waals surface area contributed by atoms with E-state index < -0.39 is 6.10 Å². The fraction of sp³-hybridized carbons (Fsp3) is 0.945. The molecule has 0 saturated heterocycles. The van der Waals surface area contributed by atoms with Crippen LogP contribution in [0.15, 0.2) is 0 Å². The molecule has 0 radical (unpaired) electrons. The van der Waals surface area contributed by atoms with Crippen LogP contribution >= 0.6 is 0 Å². The minimum Gasteiger partial charge on any atom is -0.462 e. The highest BCUT2D eigenvalue weighted by atomic mass is 16.6. The van der Waals surface area contributed by atoms with Crippen molar-refractivity contribution in [2.24, 2.45) is 5.92 Å². The Balaban J connectivity index is 4.30. The van der Waals surface area contributed by atoms with E-state index in [0.717, 1.165) is 63.7 Å². The molecule has 0 aliphatic rings. The summed E-state index contributed by atoms with van der Waals surface area (Å²) >= 11 is 0. The van der Waals surface area contributed by atoms with Crippen molar-refractivity contribution in [1.82, 2.24) is 0 Å². The maximum absolute atomic E-state index is 12.8. The molecular weight excluding hydrogens is 757 g/mol. The van der Waals surface area contributed by atoms with Crippen LogP contribution in [0.2, 0.25) is 0 Å². The first-order chi connectivity index (χ1) is 29.9. The molecule has 1 unspecified atom stereocenters. The summed E-state index contributed by atoms with van der Waals surface area (Å²) in [5.41, 5.74) is 0. The van der Waals surface area contributed by atoms with Gasteiger partial charge in [-0.15, -0.1) is 0 Å². The lowest BCUT2D eigenvalue weighted by molar-refractivity contribution is -0.167. The zero-order valence-electron chi connectivity index (χ0n) is 41.6. The quantitative estimate of drug-likeness (QED) is 0.0344. The van der Waals surface area contributed by atoms with E-state index in [2.05, 4.69) is 27.7 Å². The molecule has 0 N–H and O–H groups in total. The first kappa shape index (κ1) is 59.4. The highest BCUT2D eigenvalue weighted by Crippen LogP contribution is 2.18. The van der Waals surface area contributed by atoms with Gasteiger partial charge in [-0.05, 0) is 25.2 Å². The third-order valence-electron chi connectivity index (χ3n) is 12.9. The fourth-order valence-electron chi connectivity index (χ4n) is 8.36. The Labute approximate surface area is 380 Å². The van der Waals surface area contributed by atoms with Crippen LogP contribution < -0.4 is 0 Å². The summed E-state index contributed by atoms with van der Waals surface area (Å²) in [6.07, 6.45) is 52.2. The number of carbonyl (C=O) groups is 3. The normalized spacial score (nSPS) is 12.4. The Kier molecular flexibility index (Phi) is 48.1. The second-order valence-corrected chi connectivity index (χ2v) is 19.1. The summed E-state index contributed by atoms with van der Waals surface area (Å²) in [5.74, 6) is 0.0298. The Morgan fingerprint density at radius 2 is 0.574 bits per heavy atom. The second kappa shape index (κ2) is 49.4. The molecule has 0 aromatic heterocycles. The molecule has 0 aromatic rings. The van der Waals surface area contributed by atoms with E-state index in [1.165, 1.54) is 205 Å². The molecule has 0 saturated carbocycles. The summed E-state index contributed by atoms with van der Waals surface area (Å²) in [6.45, 7) is 9.06. The number of hydrogen-bond acceptors (Lipinski definition) is 6. The van der Waals surface area contributed by atoms with E-state index in [1.54, 1.807) is 0 Å². The van der Waals surface area contributed by atoms with Crippen molar-refractivity contribution < 1.29 is 28.6 Å². The number of rotatable bonds is 50. The highest BCUT2D eigenvalue weighted by molar-refractivity contribution is 5.71. The molecule has 2 atom stereocenters. The molecule has 0 spiro atoms. The zero-order chi connectivity index (χ0) is 44.5. The van der Waals surface area contributed by atoms with Crippen molar-refractivity contribution in [2.45, 2.75) is 316 Å². The van der Waals surface area contributed by atoms with Crippen molar-refractivity contribution in [3.05, 3.63) is 0 Å². The van der Waals surface area contributed by atoms with Gasteiger partial charge in [-0.3, -0.25) is 14.4 Å². The number of esters is 3. The molecule has 0 aliphatic carbocycles. The van der Waals surface area contributed by atoms with Gasteiger partial charge in [0.05, 0.1) is 0 Å². The van der Waals surface area contributed by atoms with Gasteiger partial charge in [0.1, 0.15) is 13.2 Å². The third kappa shape index (κ3) is 47.7. The third-order valence-corrected chi connectivity index (χ3v) is 12.9. The molecule has 0 rings (SSSR count). The molecule has 0 bridgehead atoms. The molecular formula is C55H106O6. The number of ether oxygens (including phenoxy) is 3. The molecule has 61 heavy (non-hydrogen) atoms. The van der Waals surface area contributed by atoms with E-state index in [9.17, 15) is 14.4 Å². The molecule has 0 heterocycles. The Hall–Kier alpha value is -1.59. The van der Waals surface area contributed by atoms with E-state index in [4.69, 9.17) is 14.2 Å². The predicted molar refractivity (Wildman–Crippen MR) is 261 cm³/mol. The van der Waals surface area contributed by atoms with Crippen LogP contribution in [-0.4, -0.2) is 37.2 Å². The highest BCUT2D eigenvalue weighted by Gasteiger charge is 2.19. The van der Waals surface area contributed by atoms with Crippen molar-refractivity contribution >= 4 is 17.9 Å². The van der Waals surface area contributed by atoms with Crippen LogP contribution in [0.4, 0.5) is 0 Å². The predicted octanol–water partition coefficient (Wildman–Crippen LogP) is 17.8. The monoisotopic (exact) mass is 863 g/mol.